The molecular weight excluding hydrogens is 456 g/mol. The Morgan fingerprint density at radius 1 is 0.971 bits per heavy atom. The second kappa shape index (κ2) is 8.85. The molecule has 0 saturated carbocycles. The largest absolute Gasteiger partial charge is 0.459 e. The molecule has 5 rings (SSSR count). The molecule has 4 aromatic rings. The van der Waals surface area contributed by atoms with Gasteiger partial charge in [-0.15, -0.1) is 0 Å². The lowest BCUT2D eigenvalue weighted by molar-refractivity contribution is 0.0935. The number of benzene rings is 3. The fraction of sp³-hybridized carbons (Fsp3) is 0.160. The molecule has 1 aromatic heterocycles. The molecule has 0 spiro atoms. The molecule has 174 valence electrons. The van der Waals surface area contributed by atoms with Crippen LogP contribution in [0.25, 0.3) is 11.0 Å². The van der Waals surface area contributed by atoms with Gasteiger partial charge in [0.1, 0.15) is 11.3 Å². The molecule has 1 aliphatic heterocycles. The Kier molecular flexibility index (Phi) is 5.72. The highest BCUT2D eigenvalue weighted by atomic mass is 32.2. The molecule has 2 heterocycles. The van der Waals surface area contributed by atoms with Crippen LogP contribution in [0.4, 0.5) is 0 Å². The van der Waals surface area contributed by atoms with Crippen LogP contribution in [0.3, 0.4) is 0 Å². The molecule has 1 atom stereocenters. The van der Waals surface area contributed by atoms with Crippen LogP contribution in [0.15, 0.2) is 82.1 Å². The monoisotopic (exact) mass is 478 g/mol. The molecule has 1 amide bonds. The smallest absolute Gasteiger partial charge is 0.251 e. The molecule has 9 heteroatoms. The average molecular weight is 479 g/mol. The van der Waals surface area contributed by atoms with E-state index in [9.17, 15) is 13.2 Å². The van der Waals surface area contributed by atoms with E-state index in [1.54, 1.807) is 24.3 Å². The first-order chi connectivity index (χ1) is 16.4. The van der Waals surface area contributed by atoms with E-state index in [0.29, 0.717) is 17.3 Å². The number of ether oxygens (including phenoxy) is 2. The number of nitrogens with one attached hydrogen (secondary N) is 2. The topological polar surface area (TPSA) is 107 Å². The molecule has 1 aliphatic rings. The molecule has 2 N–H and O–H groups in total. The molecular formula is C25H22N2O6S. The lowest BCUT2D eigenvalue weighted by Gasteiger charge is -2.12. The number of rotatable bonds is 7. The second-order valence-electron chi connectivity index (χ2n) is 7.92. The molecule has 8 nitrogen and oxygen atoms in total. The van der Waals surface area contributed by atoms with Crippen molar-refractivity contribution in [2.75, 3.05) is 6.79 Å². The van der Waals surface area contributed by atoms with Crippen LogP contribution in [0.1, 0.15) is 34.6 Å². The normalized spacial score (nSPS) is 13.7. The van der Waals surface area contributed by atoms with Crippen molar-refractivity contribution >= 4 is 26.9 Å². The number of hydrogen-bond acceptors (Lipinski definition) is 6. The van der Waals surface area contributed by atoms with Crippen LogP contribution >= 0.6 is 0 Å². The number of furan rings is 1. The zero-order chi connectivity index (χ0) is 23.7. The van der Waals surface area contributed by atoms with E-state index in [1.165, 1.54) is 18.2 Å². The Balaban J connectivity index is 1.27. The van der Waals surface area contributed by atoms with Gasteiger partial charge in [-0.05, 0) is 55.0 Å². The Bertz CT molecular complexity index is 1440. The number of sulfonamides is 1. The van der Waals surface area contributed by atoms with Crippen LogP contribution in [0.2, 0.25) is 0 Å². The van der Waals surface area contributed by atoms with Crippen LogP contribution in [0.5, 0.6) is 11.5 Å². The zero-order valence-corrected chi connectivity index (χ0v) is 19.1. The molecule has 0 fully saturated rings. The van der Waals surface area contributed by atoms with Crippen molar-refractivity contribution in [1.82, 2.24) is 10.0 Å². The summed E-state index contributed by atoms with van der Waals surface area (Å²) in [6, 6.07) is 20.2. The summed E-state index contributed by atoms with van der Waals surface area (Å²) in [4.78, 5) is 12.8. The number of fused-ring (bicyclic) bond motifs is 2. The first-order valence-corrected chi connectivity index (χ1v) is 12.1. The Hall–Kier alpha value is -3.82. The quantitative estimate of drug-likeness (QED) is 0.414. The highest BCUT2D eigenvalue weighted by molar-refractivity contribution is 7.89. The van der Waals surface area contributed by atoms with Gasteiger partial charge in [0.25, 0.3) is 5.91 Å². The van der Waals surface area contributed by atoms with Gasteiger partial charge < -0.3 is 19.2 Å². The summed E-state index contributed by atoms with van der Waals surface area (Å²) < 4.78 is 44.7. The van der Waals surface area contributed by atoms with Crippen LogP contribution in [-0.2, 0) is 16.6 Å². The van der Waals surface area contributed by atoms with Gasteiger partial charge in [-0.1, -0.05) is 30.3 Å². The maximum atomic E-state index is 12.8. The van der Waals surface area contributed by atoms with Crippen LogP contribution in [0, 0.1) is 0 Å². The second-order valence-corrected chi connectivity index (χ2v) is 9.69. The van der Waals surface area contributed by atoms with Gasteiger partial charge in [-0.25, -0.2) is 13.1 Å². The van der Waals surface area contributed by atoms with Crippen LogP contribution < -0.4 is 19.5 Å². The van der Waals surface area contributed by atoms with Crippen molar-refractivity contribution in [3.63, 3.8) is 0 Å². The minimum absolute atomic E-state index is 0.00252. The number of para-hydroxylation sites is 1. The number of hydrogen-bond donors (Lipinski definition) is 2. The SMILES string of the molecule is C[C@@H](NC(=O)c1cccc(S(=O)(=O)NCc2ccc3c(c2)OCO3)c1)c1cc2ccccc2o1. The number of amides is 1. The maximum Gasteiger partial charge on any atom is 0.251 e. The van der Waals surface area contributed by atoms with Gasteiger partial charge in [0.15, 0.2) is 11.5 Å². The molecule has 0 aliphatic carbocycles. The molecule has 0 bridgehead atoms. The third-order valence-electron chi connectivity index (χ3n) is 5.53. The van der Waals surface area contributed by atoms with Crippen molar-refractivity contribution in [3.05, 3.63) is 89.7 Å². The molecule has 0 unspecified atom stereocenters. The number of carbonyl (C=O) groups excluding carboxylic acids is 1. The van der Waals surface area contributed by atoms with Gasteiger partial charge in [0.05, 0.1) is 10.9 Å². The highest BCUT2D eigenvalue weighted by Crippen LogP contribution is 2.32. The summed E-state index contributed by atoms with van der Waals surface area (Å²) in [6.45, 7) is 2.02. The predicted molar refractivity (Wildman–Crippen MR) is 125 cm³/mol. The van der Waals surface area contributed by atoms with E-state index in [2.05, 4.69) is 10.0 Å². The Morgan fingerprint density at radius 2 is 1.79 bits per heavy atom. The summed E-state index contributed by atoms with van der Waals surface area (Å²) >= 11 is 0. The van der Waals surface area contributed by atoms with Crippen molar-refractivity contribution < 1.29 is 27.1 Å². The van der Waals surface area contributed by atoms with E-state index in [4.69, 9.17) is 13.9 Å². The number of carbonyl (C=O) groups is 1. The predicted octanol–water partition coefficient (Wildman–Crippen LogP) is 4.13. The van der Waals surface area contributed by atoms with E-state index in [0.717, 1.165) is 16.5 Å². The molecule has 34 heavy (non-hydrogen) atoms. The van der Waals surface area contributed by atoms with E-state index >= 15 is 0 Å². The Morgan fingerprint density at radius 3 is 2.65 bits per heavy atom. The fourth-order valence-electron chi connectivity index (χ4n) is 3.68. The lowest BCUT2D eigenvalue weighted by atomic mass is 10.1. The third-order valence-corrected chi connectivity index (χ3v) is 6.93. The summed E-state index contributed by atoms with van der Waals surface area (Å²) in [5.74, 6) is 1.42. The van der Waals surface area contributed by atoms with Crippen molar-refractivity contribution in [3.8, 4) is 11.5 Å². The molecule has 0 saturated heterocycles. The maximum absolute atomic E-state index is 12.8. The van der Waals surface area contributed by atoms with Crippen molar-refractivity contribution in [1.29, 1.82) is 0 Å². The summed E-state index contributed by atoms with van der Waals surface area (Å²) in [5.41, 5.74) is 1.69. The fourth-order valence-corrected chi connectivity index (χ4v) is 4.75. The van der Waals surface area contributed by atoms with E-state index < -0.39 is 22.0 Å². The van der Waals surface area contributed by atoms with Crippen molar-refractivity contribution in [2.45, 2.75) is 24.4 Å². The first-order valence-electron chi connectivity index (χ1n) is 10.7. The minimum atomic E-state index is -3.85. The van der Waals surface area contributed by atoms with Crippen molar-refractivity contribution in [2.24, 2.45) is 0 Å². The van der Waals surface area contributed by atoms with Crippen LogP contribution in [-0.4, -0.2) is 21.1 Å². The van der Waals surface area contributed by atoms with Gasteiger partial charge in [-0.2, -0.15) is 0 Å². The standard InChI is InChI=1S/C25H22N2O6S/c1-16(23-13-18-5-2-3-8-21(18)33-23)27-25(28)19-6-4-7-20(12-19)34(29,30)26-14-17-9-10-22-24(11-17)32-15-31-22/h2-13,16,26H,14-15H2,1H3,(H,27,28)/t16-/m1/s1. The summed E-state index contributed by atoms with van der Waals surface area (Å²) in [7, 11) is -3.85. The molecule has 0 radical (unpaired) electrons. The minimum Gasteiger partial charge on any atom is -0.459 e. The highest BCUT2D eigenvalue weighted by Gasteiger charge is 2.20. The average Bonchev–Trinajstić information content (AvgIpc) is 3.49. The Labute approximate surface area is 196 Å². The first kappa shape index (κ1) is 22.0. The van der Waals surface area contributed by atoms with E-state index in [1.807, 2.05) is 37.3 Å². The lowest BCUT2D eigenvalue weighted by Crippen LogP contribution is -2.27. The summed E-state index contributed by atoms with van der Waals surface area (Å²) in [5, 5.41) is 3.80. The summed E-state index contributed by atoms with van der Waals surface area (Å²) in [6.07, 6.45) is 0. The van der Waals surface area contributed by atoms with Gasteiger partial charge in [-0.3, -0.25) is 4.79 Å². The third kappa shape index (κ3) is 4.48. The van der Waals surface area contributed by atoms with Gasteiger partial charge in [0.2, 0.25) is 16.8 Å². The zero-order valence-electron chi connectivity index (χ0n) is 18.3. The van der Waals surface area contributed by atoms with Gasteiger partial charge in [0, 0.05) is 17.5 Å². The van der Waals surface area contributed by atoms with E-state index in [-0.39, 0.29) is 23.8 Å². The molecule has 3 aromatic carbocycles. The van der Waals surface area contributed by atoms with Gasteiger partial charge >= 0.3 is 0 Å².